The number of rotatable bonds is 6. The van der Waals surface area contributed by atoms with Crippen LogP contribution >= 0.6 is 11.3 Å². The maximum atomic E-state index is 12.0. The zero-order valence-electron chi connectivity index (χ0n) is 11.8. The molecule has 1 atom stereocenters. The van der Waals surface area contributed by atoms with E-state index in [1.807, 2.05) is 23.6 Å². The highest BCUT2D eigenvalue weighted by Crippen LogP contribution is 2.34. The van der Waals surface area contributed by atoms with Crippen molar-refractivity contribution < 1.29 is 4.79 Å². The van der Waals surface area contributed by atoms with Crippen LogP contribution in [0.5, 0.6) is 0 Å². The molecule has 2 aromatic rings. The molecule has 1 aromatic heterocycles. The van der Waals surface area contributed by atoms with E-state index in [0.29, 0.717) is 12.5 Å². The molecular formula is C16H19N3OS. The van der Waals surface area contributed by atoms with Crippen molar-refractivity contribution in [2.75, 3.05) is 0 Å². The van der Waals surface area contributed by atoms with E-state index in [0.717, 1.165) is 11.4 Å². The number of carbonyl (C=O) groups is 1. The molecule has 2 amide bonds. The smallest absolute Gasteiger partial charge is 0.315 e. The first kappa shape index (κ1) is 14.1. The van der Waals surface area contributed by atoms with Gasteiger partial charge in [-0.2, -0.15) is 0 Å². The first-order valence-electron chi connectivity index (χ1n) is 7.28. The third-order valence-electron chi connectivity index (χ3n) is 3.69. The summed E-state index contributed by atoms with van der Waals surface area (Å²) in [6, 6.07) is 10.5. The standard InChI is InChI=1S/C16H19N3OS/c20-16(18-11-15-17-8-9-21-15)19-14(13-6-7-13)10-12-4-2-1-3-5-12/h1-5,8-9,13-14H,6-7,10-11H2,(H2,18,19,20)/t14-/m0/s1. The van der Waals surface area contributed by atoms with Crippen molar-refractivity contribution in [2.45, 2.75) is 31.8 Å². The first-order valence-corrected chi connectivity index (χ1v) is 8.16. The number of benzene rings is 1. The fraction of sp³-hybridized carbons (Fsp3) is 0.375. The van der Waals surface area contributed by atoms with Crippen LogP contribution in [0, 0.1) is 5.92 Å². The molecule has 1 aliphatic carbocycles. The quantitative estimate of drug-likeness (QED) is 0.862. The molecule has 2 N–H and O–H groups in total. The van der Waals surface area contributed by atoms with Gasteiger partial charge in [-0.15, -0.1) is 11.3 Å². The minimum atomic E-state index is -0.0990. The zero-order valence-corrected chi connectivity index (χ0v) is 12.6. The van der Waals surface area contributed by atoms with E-state index in [2.05, 4.69) is 27.8 Å². The summed E-state index contributed by atoms with van der Waals surface area (Å²) in [6.07, 6.45) is 5.08. The van der Waals surface area contributed by atoms with Gasteiger partial charge in [0, 0.05) is 17.6 Å². The average molecular weight is 301 g/mol. The first-order chi connectivity index (χ1) is 10.3. The number of nitrogens with zero attached hydrogens (tertiary/aromatic N) is 1. The van der Waals surface area contributed by atoms with Crippen molar-refractivity contribution in [1.29, 1.82) is 0 Å². The Bertz CT molecular complexity index is 566. The molecule has 0 saturated heterocycles. The Morgan fingerprint density at radius 1 is 1.33 bits per heavy atom. The molecule has 21 heavy (non-hydrogen) atoms. The fourth-order valence-electron chi connectivity index (χ4n) is 2.42. The normalized spacial score (nSPS) is 15.4. The Labute approximate surface area is 128 Å². The van der Waals surface area contributed by atoms with Gasteiger partial charge in [-0.3, -0.25) is 0 Å². The lowest BCUT2D eigenvalue weighted by Gasteiger charge is -2.18. The summed E-state index contributed by atoms with van der Waals surface area (Å²) < 4.78 is 0. The third-order valence-corrected chi connectivity index (χ3v) is 4.47. The van der Waals surface area contributed by atoms with Gasteiger partial charge in [0.25, 0.3) is 0 Å². The second kappa shape index (κ2) is 6.72. The molecule has 0 radical (unpaired) electrons. The molecule has 0 bridgehead atoms. The van der Waals surface area contributed by atoms with Crippen molar-refractivity contribution >= 4 is 17.4 Å². The van der Waals surface area contributed by atoms with Crippen LogP contribution in [-0.2, 0) is 13.0 Å². The van der Waals surface area contributed by atoms with Crippen LogP contribution in [0.25, 0.3) is 0 Å². The molecule has 110 valence electrons. The number of aromatic nitrogens is 1. The average Bonchev–Trinajstić information content (AvgIpc) is 3.22. The second-order valence-electron chi connectivity index (χ2n) is 5.39. The van der Waals surface area contributed by atoms with Gasteiger partial charge in [-0.25, -0.2) is 9.78 Å². The maximum Gasteiger partial charge on any atom is 0.315 e. The molecule has 5 heteroatoms. The lowest BCUT2D eigenvalue weighted by molar-refractivity contribution is 0.235. The number of nitrogens with one attached hydrogen (secondary N) is 2. The number of thiazole rings is 1. The van der Waals surface area contributed by atoms with Crippen molar-refractivity contribution in [3.05, 3.63) is 52.5 Å². The van der Waals surface area contributed by atoms with Gasteiger partial charge in [-0.1, -0.05) is 30.3 Å². The Morgan fingerprint density at radius 2 is 2.14 bits per heavy atom. The number of amides is 2. The van der Waals surface area contributed by atoms with Crippen molar-refractivity contribution in [2.24, 2.45) is 5.92 Å². The van der Waals surface area contributed by atoms with E-state index >= 15 is 0 Å². The van der Waals surface area contributed by atoms with E-state index in [9.17, 15) is 4.79 Å². The molecular weight excluding hydrogens is 282 g/mol. The third kappa shape index (κ3) is 4.29. The second-order valence-corrected chi connectivity index (χ2v) is 6.37. The summed E-state index contributed by atoms with van der Waals surface area (Å²) in [4.78, 5) is 16.2. The van der Waals surface area contributed by atoms with Crippen LogP contribution in [0.2, 0.25) is 0 Å². The molecule has 1 saturated carbocycles. The maximum absolute atomic E-state index is 12.0. The van der Waals surface area contributed by atoms with Crippen molar-refractivity contribution in [1.82, 2.24) is 15.6 Å². The van der Waals surface area contributed by atoms with Crippen LogP contribution in [0.4, 0.5) is 4.79 Å². The van der Waals surface area contributed by atoms with Crippen LogP contribution < -0.4 is 10.6 Å². The van der Waals surface area contributed by atoms with Crippen LogP contribution in [0.1, 0.15) is 23.4 Å². The van der Waals surface area contributed by atoms with Gasteiger partial charge >= 0.3 is 6.03 Å². The molecule has 0 spiro atoms. The van der Waals surface area contributed by atoms with Gasteiger partial charge in [0.1, 0.15) is 5.01 Å². The molecule has 3 rings (SSSR count). The monoisotopic (exact) mass is 301 g/mol. The Morgan fingerprint density at radius 3 is 2.81 bits per heavy atom. The Hall–Kier alpha value is -1.88. The van der Waals surface area contributed by atoms with Crippen LogP contribution in [-0.4, -0.2) is 17.1 Å². The van der Waals surface area contributed by atoms with Gasteiger partial charge in [0.05, 0.1) is 6.54 Å². The summed E-state index contributed by atoms with van der Waals surface area (Å²) in [5, 5.41) is 8.84. The van der Waals surface area contributed by atoms with Crippen LogP contribution in [0.15, 0.2) is 41.9 Å². The number of urea groups is 1. The molecule has 1 fully saturated rings. The van der Waals surface area contributed by atoms with E-state index < -0.39 is 0 Å². The Kier molecular flexibility index (Phi) is 4.50. The van der Waals surface area contributed by atoms with Crippen molar-refractivity contribution in [3.63, 3.8) is 0 Å². The lowest BCUT2D eigenvalue weighted by Crippen LogP contribution is -2.44. The van der Waals surface area contributed by atoms with Crippen molar-refractivity contribution in [3.8, 4) is 0 Å². The highest BCUT2D eigenvalue weighted by molar-refractivity contribution is 7.09. The summed E-state index contributed by atoms with van der Waals surface area (Å²) in [6.45, 7) is 0.492. The van der Waals surface area contributed by atoms with E-state index in [4.69, 9.17) is 0 Å². The zero-order chi connectivity index (χ0) is 14.5. The molecule has 0 unspecified atom stereocenters. The van der Waals surface area contributed by atoms with Gasteiger partial charge < -0.3 is 10.6 Å². The number of hydrogen-bond donors (Lipinski definition) is 2. The highest BCUT2D eigenvalue weighted by atomic mass is 32.1. The highest BCUT2D eigenvalue weighted by Gasteiger charge is 2.32. The van der Waals surface area contributed by atoms with Gasteiger partial charge in [0.2, 0.25) is 0 Å². The largest absolute Gasteiger partial charge is 0.335 e. The topological polar surface area (TPSA) is 54.0 Å². The molecule has 1 heterocycles. The minimum Gasteiger partial charge on any atom is -0.335 e. The molecule has 4 nitrogen and oxygen atoms in total. The molecule has 1 aromatic carbocycles. The predicted molar refractivity (Wildman–Crippen MR) is 84.1 cm³/mol. The van der Waals surface area contributed by atoms with Gasteiger partial charge in [0.15, 0.2) is 0 Å². The summed E-state index contributed by atoms with van der Waals surface area (Å²) in [5.74, 6) is 0.621. The number of carbonyl (C=O) groups excluding carboxylic acids is 1. The fourth-order valence-corrected chi connectivity index (χ4v) is 2.97. The summed E-state index contributed by atoms with van der Waals surface area (Å²) >= 11 is 1.55. The summed E-state index contributed by atoms with van der Waals surface area (Å²) in [5.41, 5.74) is 1.27. The molecule has 0 aliphatic heterocycles. The minimum absolute atomic E-state index is 0.0990. The molecule has 1 aliphatic rings. The Balaban J connectivity index is 1.51. The van der Waals surface area contributed by atoms with Crippen LogP contribution in [0.3, 0.4) is 0 Å². The van der Waals surface area contributed by atoms with E-state index in [1.54, 1.807) is 17.5 Å². The number of hydrogen-bond acceptors (Lipinski definition) is 3. The van der Waals surface area contributed by atoms with E-state index in [1.165, 1.54) is 18.4 Å². The SMILES string of the molecule is O=C(NCc1nccs1)N[C@@H](Cc1ccccc1)C1CC1. The van der Waals surface area contributed by atoms with E-state index in [-0.39, 0.29) is 12.1 Å². The predicted octanol–water partition coefficient (Wildman–Crippen LogP) is 2.96. The summed E-state index contributed by atoms with van der Waals surface area (Å²) in [7, 11) is 0. The van der Waals surface area contributed by atoms with Gasteiger partial charge in [-0.05, 0) is 30.7 Å². The lowest BCUT2D eigenvalue weighted by atomic mass is 10.0.